The van der Waals surface area contributed by atoms with E-state index in [0.717, 1.165) is 5.56 Å². The zero-order chi connectivity index (χ0) is 13.5. The molecular weight excluding hydrogens is 236 g/mol. The molecule has 100 valence electrons. The minimum atomic E-state index is -0.915. The van der Waals surface area contributed by atoms with E-state index in [0.29, 0.717) is 11.5 Å². The molecule has 18 heavy (non-hydrogen) atoms. The van der Waals surface area contributed by atoms with E-state index in [1.54, 1.807) is 32.4 Å². The Hall–Kier alpha value is -1.79. The normalized spacial score (nSPS) is 11.8. The summed E-state index contributed by atoms with van der Waals surface area (Å²) in [6, 6.07) is 4.38. The fourth-order valence-electron chi connectivity index (χ4n) is 1.42. The van der Waals surface area contributed by atoms with Gasteiger partial charge in [-0.15, -0.1) is 0 Å². The highest BCUT2D eigenvalue weighted by molar-refractivity contribution is 5.81. The van der Waals surface area contributed by atoms with Crippen LogP contribution in [0, 0.1) is 0 Å². The number of carbonyl (C=O) groups is 1. The average molecular weight is 254 g/mol. The molecule has 0 saturated heterocycles. The number of methoxy groups -OCH3 is 2. The smallest absolute Gasteiger partial charge is 0.239 e. The van der Waals surface area contributed by atoms with Gasteiger partial charge in [0.25, 0.3) is 0 Å². The molecule has 0 aromatic heterocycles. The lowest BCUT2D eigenvalue weighted by Crippen LogP contribution is -2.42. The molecule has 0 bridgehead atoms. The molecule has 0 aliphatic heterocycles. The largest absolute Gasteiger partial charge is 0.497 e. The quantitative estimate of drug-likeness (QED) is 0.644. The van der Waals surface area contributed by atoms with Crippen LogP contribution in [-0.4, -0.2) is 37.9 Å². The number of nitrogens with one attached hydrogen (secondary N) is 1. The molecule has 0 heterocycles. The Morgan fingerprint density at radius 1 is 1.44 bits per heavy atom. The van der Waals surface area contributed by atoms with Crippen LogP contribution in [0.2, 0.25) is 0 Å². The van der Waals surface area contributed by atoms with Crippen LogP contribution in [0.4, 0.5) is 0 Å². The van der Waals surface area contributed by atoms with Gasteiger partial charge >= 0.3 is 0 Å². The predicted molar refractivity (Wildman–Crippen MR) is 66.5 cm³/mol. The summed E-state index contributed by atoms with van der Waals surface area (Å²) in [5.41, 5.74) is 6.16. The van der Waals surface area contributed by atoms with E-state index in [1.807, 2.05) is 0 Å². The van der Waals surface area contributed by atoms with Gasteiger partial charge < -0.3 is 25.6 Å². The standard InChI is InChI=1S/C12H18N2O4/c1-17-9-3-4-11(18-2)8(5-9)6-14-12(16)10(13)7-15/h3-5,10,15H,6-7,13H2,1-2H3,(H,14,16). The summed E-state index contributed by atoms with van der Waals surface area (Å²) in [6.45, 7) is -0.131. The molecule has 0 saturated carbocycles. The lowest BCUT2D eigenvalue weighted by atomic mass is 10.2. The number of rotatable bonds is 6. The molecule has 6 nitrogen and oxygen atoms in total. The van der Waals surface area contributed by atoms with Gasteiger partial charge in [-0.05, 0) is 18.2 Å². The zero-order valence-corrected chi connectivity index (χ0v) is 10.5. The van der Waals surface area contributed by atoms with Gasteiger partial charge in [0, 0.05) is 12.1 Å². The van der Waals surface area contributed by atoms with E-state index in [2.05, 4.69) is 5.32 Å². The van der Waals surface area contributed by atoms with Crippen LogP contribution >= 0.6 is 0 Å². The van der Waals surface area contributed by atoms with Crippen LogP contribution in [0.3, 0.4) is 0 Å². The van der Waals surface area contributed by atoms with Crippen molar-refractivity contribution in [2.24, 2.45) is 5.73 Å². The highest BCUT2D eigenvalue weighted by Gasteiger charge is 2.12. The maximum absolute atomic E-state index is 11.4. The predicted octanol–water partition coefficient (Wildman–Crippen LogP) is -0.360. The number of hydrogen-bond acceptors (Lipinski definition) is 5. The van der Waals surface area contributed by atoms with Gasteiger partial charge in [0.05, 0.1) is 20.8 Å². The number of benzene rings is 1. The van der Waals surface area contributed by atoms with E-state index in [1.165, 1.54) is 0 Å². The Morgan fingerprint density at radius 3 is 2.72 bits per heavy atom. The summed E-state index contributed by atoms with van der Waals surface area (Å²) < 4.78 is 10.3. The van der Waals surface area contributed by atoms with Crippen molar-refractivity contribution < 1.29 is 19.4 Å². The first-order valence-electron chi connectivity index (χ1n) is 5.47. The van der Waals surface area contributed by atoms with Crippen LogP contribution in [0.1, 0.15) is 5.56 Å². The Morgan fingerprint density at radius 2 is 2.17 bits per heavy atom. The maximum Gasteiger partial charge on any atom is 0.239 e. The van der Waals surface area contributed by atoms with Crippen LogP contribution in [0.5, 0.6) is 11.5 Å². The molecule has 1 atom stereocenters. The summed E-state index contributed by atoms with van der Waals surface area (Å²) in [5.74, 6) is 0.905. The fourth-order valence-corrected chi connectivity index (χ4v) is 1.42. The molecule has 1 rings (SSSR count). The molecule has 0 radical (unpaired) electrons. The first kappa shape index (κ1) is 14.3. The molecule has 0 spiro atoms. The molecule has 6 heteroatoms. The third-order valence-electron chi connectivity index (χ3n) is 2.47. The van der Waals surface area contributed by atoms with E-state index >= 15 is 0 Å². The number of nitrogens with two attached hydrogens (primary N) is 1. The van der Waals surface area contributed by atoms with Crippen LogP contribution in [0.15, 0.2) is 18.2 Å². The number of amides is 1. The van der Waals surface area contributed by atoms with Crippen molar-refractivity contribution in [3.05, 3.63) is 23.8 Å². The first-order chi connectivity index (χ1) is 8.62. The second-order valence-corrected chi connectivity index (χ2v) is 3.68. The summed E-state index contributed by atoms with van der Waals surface area (Å²) in [6.07, 6.45) is 0. The lowest BCUT2D eigenvalue weighted by Gasteiger charge is -2.13. The van der Waals surface area contributed by atoms with Crippen LogP contribution in [-0.2, 0) is 11.3 Å². The molecule has 4 N–H and O–H groups in total. The van der Waals surface area contributed by atoms with Crippen LogP contribution in [0.25, 0.3) is 0 Å². The lowest BCUT2D eigenvalue weighted by molar-refractivity contribution is -0.123. The molecule has 1 aromatic rings. The van der Waals surface area contributed by atoms with Gasteiger partial charge in [0.1, 0.15) is 17.5 Å². The number of carbonyl (C=O) groups excluding carboxylic acids is 1. The molecule has 1 unspecified atom stereocenters. The summed E-state index contributed by atoms with van der Waals surface area (Å²) in [5, 5.41) is 11.4. The van der Waals surface area contributed by atoms with Crippen molar-refractivity contribution in [1.82, 2.24) is 5.32 Å². The molecule has 0 aliphatic rings. The van der Waals surface area contributed by atoms with Crippen molar-refractivity contribution in [2.45, 2.75) is 12.6 Å². The average Bonchev–Trinajstić information content (AvgIpc) is 2.43. The number of ether oxygens (including phenoxy) is 2. The van der Waals surface area contributed by atoms with E-state index in [-0.39, 0.29) is 13.2 Å². The zero-order valence-electron chi connectivity index (χ0n) is 10.5. The summed E-state index contributed by atoms with van der Waals surface area (Å²) in [4.78, 5) is 11.4. The van der Waals surface area contributed by atoms with Gasteiger partial charge in [-0.2, -0.15) is 0 Å². The molecule has 0 aliphatic carbocycles. The third-order valence-corrected chi connectivity index (χ3v) is 2.47. The number of aliphatic hydroxyl groups is 1. The van der Waals surface area contributed by atoms with E-state index in [4.69, 9.17) is 20.3 Å². The van der Waals surface area contributed by atoms with Crippen molar-refractivity contribution in [3.63, 3.8) is 0 Å². The first-order valence-corrected chi connectivity index (χ1v) is 5.47. The van der Waals surface area contributed by atoms with E-state index in [9.17, 15) is 4.79 Å². The van der Waals surface area contributed by atoms with Crippen molar-refractivity contribution >= 4 is 5.91 Å². The third kappa shape index (κ3) is 3.61. The fraction of sp³-hybridized carbons (Fsp3) is 0.417. The Bertz CT molecular complexity index is 409. The molecule has 1 amide bonds. The Balaban J connectivity index is 2.73. The highest BCUT2D eigenvalue weighted by atomic mass is 16.5. The molecule has 1 aromatic carbocycles. The minimum Gasteiger partial charge on any atom is -0.497 e. The van der Waals surface area contributed by atoms with Crippen molar-refractivity contribution in [1.29, 1.82) is 0 Å². The van der Waals surface area contributed by atoms with Crippen molar-refractivity contribution in [3.8, 4) is 11.5 Å². The highest BCUT2D eigenvalue weighted by Crippen LogP contribution is 2.23. The SMILES string of the molecule is COc1ccc(OC)c(CNC(=O)C(N)CO)c1. The molecular formula is C12H18N2O4. The number of hydrogen-bond donors (Lipinski definition) is 3. The summed E-state index contributed by atoms with van der Waals surface area (Å²) in [7, 11) is 3.11. The second-order valence-electron chi connectivity index (χ2n) is 3.68. The Labute approximate surface area is 106 Å². The van der Waals surface area contributed by atoms with Gasteiger partial charge in [-0.25, -0.2) is 0 Å². The van der Waals surface area contributed by atoms with Gasteiger partial charge in [-0.1, -0.05) is 0 Å². The molecule has 0 fully saturated rings. The maximum atomic E-state index is 11.4. The Kier molecular flexibility index (Phi) is 5.41. The van der Waals surface area contributed by atoms with Gasteiger partial charge in [-0.3, -0.25) is 4.79 Å². The van der Waals surface area contributed by atoms with Crippen molar-refractivity contribution in [2.75, 3.05) is 20.8 Å². The number of aliphatic hydroxyl groups excluding tert-OH is 1. The van der Waals surface area contributed by atoms with E-state index < -0.39 is 11.9 Å². The second kappa shape index (κ2) is 6.83. The monoisotopic (exact) mass is 254 g/mol. The van der Waals surface area contributed by atoms with Gasteiger partial charge in [0.2, 0.25) is 5.91 Å². The minimum absolute atomic E-state index is 0.257. The van der Waals surface area contributed by atoms with Crippen LogP contribution < -0.4 is 20.5 Å². The van der Waals surface area contributed by atoms with Gasteiger partial charge in [0.15, 0.2) is 0 Å². The summed E-state index contributed by atoms with van der Waals surface area (Å²) >= 11 is 0. The topological polar surface area (TPSA) is 93.8 Å².